The van der Waals surface area contributed by atoms with Crippen molar-refractivity contribution in [1.82, 2.24) is 0 Å². The zero-order valence-electron chi connectivity index (χ0n) is 9.72. The molecule has 0 aliphatic heterocycles. The number of hydrogen-bond acceptors (Lipinski definition) is 3. The van der Waals surface area contributed by atoms with E-state index in [0.29, 0.717) is 6.42 Å². The monoisotopic (exact) mass is 236 g/mol. The van der Waals surface area contributed by atoms with Crippen LogP contribution in [0.25, 0.3) is 0 Å². The largest absolute Gasteiger partial charge is 0.497 e. The molecule has 4 heteroatoms. The van der Waals surface area contributed by atoms with Crippen LogP contribution in [-0.4, -0.2) is 23.3 Å². The molecule has 0 bridgehead atoms. The lowest BCUT2D eigenvalue weighted by molar-refractivity contribution is -0.139. The average Bonchev–Trinajstić information content (AvgIpc) is 2.32. The predicted molar refractivity (Wildman–Crippen MR) is 62.0 cm³/mol. The van der Waals surface area contributed by atoms with Crippen LogP contribution in [0.15, 0.2) is 18.2 Å². The average molecular weight is 236 g/mol. The number of rotatable bonds is 3. The number of aliphatic carboxylic acids is 1. The van der Waals surface area contributed by atoms with Crippen LogP contribution >= 0.6 is 0 Å². The summed E-state index contributed by atoms with van der Waals surface area (Å²) >= 11 is 0. The number of fused-ring (bicyclic) bond motifs is 1. The van der Waals surface area contributed by atoms with Crippen molar-refractivity contribution in [2.45, 2.75) is 25.4 Å². The van der Waals surface area contributed by atoms with Crippen molar-refractivity contribution < 1.29 is 19.7 Å². The lowest BCUT2D eigenvalue weighted by atomic mass is 9.80. The number of aryl methyl sites for hydroxylation is 1. The zero-order valence-corrected chi connectivity index (χ0v) is 9.72. The lowest BCUT2D eigenvalue weighted by Crippen LogP contribution is -2.23. The molecule has 2 rings (SSSR count). The first-order valence-corrected chi connectivity index (χ1v) is 5.68. The molecule has 1 aliphatic rings. The molecule has 0 fully saturated rings. The minimum absolute atomic E-state index is 0.0205. The number of hydrogen-bond donors (Lipinski definition) is 2. The highest BCUT2D eigenvalue weighted by atomic mass is 16.5. The molecule has 0 saturated carbocycles. The maximum atomic E-state index is 10.7. The second kappa shape index (κ2) is 4.75. The highest BCUT2D eigenvalue weighted by molar-refractivity contribution is 5.67. The summed E-state index contributed by atoms with van der Waals surface area (Å²) in [6, 6.07) is 5.54. The molecule has 0 heterocycles. The summed E-state index contributed by atoms with van der Waals surface area (Å²) in [6.45, 7) is 0. The van der Waals surface area contributed by atoms with Crippen LogP contribution in [0.5, 0.6) is 5.75 Å². The molecule has 0 amide bonds. The third-order valence-corrected chi connectivity index (χ3v) is 3.34. The van der Waals surface area contributed by atoms with Gasteiger partial charge in [-0.25, -0.2) is 0 Å². The van der Waals surface area contributed by atoms with Crippen molar-refractivity contribution in [3.8, 4) is 5.75 Å². The van der Waals surface area contributed by atoms with Crippen LogP contribution in [0.2, 0.25) is 0 Å². The van der Waals surface area contributed by atoms with Gasteiger partial charge in [0.05, 0.1) is 19.6 Å². The van der Waals surface area contributed by atoms with Gasteiger partial charge in [0.2, 0.25) is 0 Å². The Hall–Kier alpha value is -1.55. The van der Waals surface area contributed by atoms with E-state index in [2.05, 4.69) is 0 Å². The van der Waals surface area contributed by atoms with Crippen LogP contribution in [0.4, 0.5) is 0 Å². The van der Waals surface area contributed by atoms with Gasteiger partial charge in [0.25, 0.3) is 0 Å². The molecule has 0 saturated heterocycles. The summed E-state index contributed by atoms with van der Waals surface area (Å²) in [6.07, 6.45) is 0.836. The number of ether oxygens (including phenoxy) is 1. The standard InChI is InChI=1S/C13H16O4/c1-17-10-4-5-11-8(6-10)2-3-9(13(11)16)7-12(14)15/h4-6,9,13,16H,2-3,7H2,1H3,(H,14,15). The summed E-state index contributed by atoms with van der Waals surface area (Å²) in [5, 5.41) is 18.9. The summed E-state index contributed by atoms with van der Waals surface area (Å²) in [4.78, 5) is 10.7. The Bertz CT molecular complexity index is 427. The Morgan fingerprint density at radius 3 is 2.94 bits per heavy atom. The number of carbonyl (C=O) groups is 1. The molecule has 2 atom stereocenters. The van der Waals surface area contributed by atoms with Gasteiger partial charge >= 0.3 is 5.97 Å². The summed E-state index contributed by atoms with van der Waals surface area (Å²) in [5.41, 5.74) is 1.89. The fourth-order valence-electron chi connectivity index (χ4n) is 2.40. The quantitative estimate of drug-likeness (QED) is 0.839. The van der Waals surface area contributed by atoms with Gasteiger partial charge in [0.1, 0.15) is 5.75 Å². The number of aliphatic hydroxyl groups is 1. The number of carboxylic acids is 1. The smallest absolute Gasteiger partial charge is 0.303 e. The molecule has 0 radical (unpaired) electrons. The van der Waals surface area contributed by atoms with Gasteiger partial charge in [-0.15, -0.1) is 0 Å². The van der Waals surface area contributed by atoms with Gasteiger partial charge in [-0.2, -0.15) is 0 Å². The molecule has 0 spiro atoms. The van der Waals surface area contributed by atoms with Gasteiger partial charge in [-0.05, 0) is 42.0 Å². The van der Waals surface area contributed by atoms with E-state index in [9.17, 15) is 9.90 Å². The number of carboxylic acid groups (broad SMARTS) is 1. The minimum Gasteiger partial charge on any atom is -0.497 e. The van der Waals surface area contributed by atoms with E-state index in [4.69, 9.17) is 9.84 Å². The Kier molecular flexibility index (Phi) is 3.33. The van der Waals surface area contributed by atoms with Crippen molar-refractivity contribution in [1.29, 1.82) is 0 Å². The maximum absolute atomic E-state index is 10.7. The molecule has 4 nitrogen and oxygen atoms in total. The minimum atomic E-state index is -0.856. The van der Waals surface area contributed by atoms with Gasteiger partial charge in [-0.3, -0.25) is 4.79 Å². The first-order valence-electron chi connectivity index (χ1n) is 5.68. The fourth-order valence-corrected chi connectivity index (χ4v) is 2.40. The van der Waals surface area contributed by atoms with Gasteiger partial charge in [0, 0.05) is 0 Å². The van der Waals surface area contributed by atoms with Gasteiger partial charge in [0.15, 0.2) is 0 Å². The highest BCUT2D eigenvalue weighted by Crippen LogP contribution is 2.37. The second-order valence-electron chi connectivity index (χ2n) is 4.41. The van der Waals surface area contributed by atoms with Crippen LogP contribution in [0, 0.1) is 5.92 Å². The van der Waals surface area contributed by atoms with E-state index in [1.54, 1.807) is 13.2 Å². The van der Waals surface area contributed by atoms with Crippen molar-refractivity contribution in [3.05, 3.63) is 29.3 Å². The molecule has 1 aliphatic carbocycles. The molecule has 2 N–H and O–H groups in total. The summed E-state index contributed by atoms with van der Waals surface area (Å²) < 4.78 is 5.13. The predicted octanol–water partition coefficient (Wildman–Crippen LogP) is 1.77. The van der Waals surface area contributed by atoms with Crippen LogP contribution in [0.3, 0.4) is 0 Å². The molecule has 1 aromatic carbocycles. The molecule has 17 heavy (non-hydrogen) atoms. The Labute approximate surface area is 99.8 Å². The Morgan fingerprint density at radius 1 is 1.53 bits per heavy atom. The van der Waals surface area contributed by atoms with Crippen molar-refractivity contribution >= 4 is 5.97 Å². The molecule has 0 aromatic heterocycles. The summed E-state index contributed by atoms with van der Waals surface area (Å²) in [7, 11) is 1.61. The first kappa shape index (κ1) is 11.9. The van der Waals surface area contributed by atoms with E-state index >= 15 is 0 Å². The van der Waals surface area contributed by atoms with Crippen LogP contribution in [0.1, 0.15) is 30.1 Å². The number of benzene rings is 1. The summed E-state index contributed by atoms with van der Waals surface area (Å²) in [5.74, 6) is -0.271. The number of aliphatic hydroxyl groups excluding tert-OH is 1. The topological polar surface area (TPSA) is 66.8 Å². The first-order chi connectivity index (χ1) is 8.11. The Balaban J connectivity index is 2.23. The third-order valence-electron chi connectivity index (χ3n) is 3.34. The van der Waals surface area contributed by atoms with Gasteiger partial charge < -0.3 is 14.9 Å². The van der Waals surface area contributed by atoms with Crippen molar-refractivity contribution in [2.24, 2.45) is 5.92 Å². The highest BCUT2D eigenvalue weighted by Gasteiger charge is 2.29. The second-order valence-corrected chi connectivity index (χ2v) is 4.41. The molecular formula is C13H16O4. The molecular weight excluding hydrogens is 220 g/mol. The van der Waals surface area contributed by atoms with E-state index in [-0.39, 0.29) is 12.3 Å². The van der Waals surface area contributed by atoms with E-state index in [1.165, 1.54) is 0 Å². The maximum Gasteiger partial charge on any atom is 0.303 e. The molecule has 2 unspecified atom stereocenters. The van der Waals surface area contributed by atoms with Crippen LogP contribution in [-0.2, 0) is 11.2 Å². The number of methoxy groups -OCH3 is 1. The van der Waals surface area contributed by atoms with Crippen molar-refractivity contribution in [3.63, 3.8) is 0 Å². The third kappa shape index (κ3) is 2.42. The Morgan fingerprint density at radius 2 is 2.29 bits per heavy atom. The lowest BCUT2D eigenvalue weighted by Gasteiger charge is -2.29. The fraction of sp³-hybridized carbons (Fsp3) is 0.462. The van der Waals surface area contributed by atoms with Gasteiger partial charge in [-0.1, -0.05) is 6.07 Å². The van der Waals surface area contributed by atoms with E-state index in [0.717, 1.165) is 23.3 Å². The zero-order chi connectivity index (χ0) is 12.4. The van der Waals surface area contributed by atoms with E-state index in [1.807, 2.05) is 12.1 Å². The molecule has 92 valence electrons. The molecule has 1 aromatic rings. The van der Waals surface area contributed by atoms with Crippen molar-refractivity contribution in [2.75, 3.05) is 7.11 Å². The normalized spacial score (nSPS) is 22.9. The van der Waals surface area contributed by atoms with E-state index < -0.39 is 12.1 Å². The van der Waals surface area contributed by atoms with Crippen LogP contribution < -0.4 is 4.74 Å². The SMILES string of the molecule is COc1ccc2c(c1)CCC(CC(=O)O)C2O.